The van der Waals surface area contributed by atoms with Crippen LogP contribution in [0.15, 0.2) is 133 Å². The van der Waals surface area contributed by atoms with E-state index in [-0.39, 0.29) is 39.3 Å². The topological polar surface area (TPSA) is 9.72 Å². The molecule has 0 spiro atoms. The van der Waals surface area contributed by atoms with Gasteiger partial charge in [0.2, 0.25) is 0 Å². The Hall–Kier alpha value is -5.78. The molecule has 12 rings (SSSR count). The summed E-state index contributed by atoms with van der Waals surface area (Å²) in [7, 11) is -1.63. The van der Waals surface area contributed by atoms with E-state index >= 15 is 0 Å². The molecule has 408 valence electrons. The largest absolute Gasteiger partial charge is 0.334 e. The van der Waals surface area contributed by atoms with E-state index in [1.807, 2.05) is 0 Å². The van der Waals surface area contributed by atoms with Crippen LogP contribution < -0.4 is 36.3 Å². The molecule has 1 saturated carbocycles. The molecule has 3 atom stereocenters. The molecule has 0 amide bonds. The van der Waals surface area contributed by atoms with Crippen LogP contribution in [0.3, 0.4) is 0 Å². The van der Waals surface area contributed by atoms with Crippen LogP contribution in [0.2, 0.25) is 19.6 Å². The average Bonchev–Trinajstić information content (AvgIpc) is 3.73. The number of hydrogen-bond acceptors (Lipinski definition) is 3. The maximum atomic E-state index is 2.87. The van der Waals surface area contributed by atoms with Crippen molar-refractivity contribution in [2.24, 2.45) is 5.92 Å². The van der Waals surface area contributed by atoms with Crippen LogP contribution in [0.1, 0.15) is 182 Å². The number of fused-ring (bicyclic) bond motifs is 8. The first-order chi connectivity index (χ1) is 37.0. The Bertz CT molecular complexity index is 3560. The second-order valence-corrected chi connectivity index (χ2v) is 35.6. The van der Waals surface area contributed by atoms with Crippen molar-refractivity contribution in [3.05, 3.63) is 167 Å². The lowest BCUT2D eigenvalue weighted by atomic mass is 9.33. The van der Waals surface area contributed by atoms with E-state index in [2.05, 4.69) is 272 Å². The maximum absolute atomic E-state index is 2.87. The lowest BCUT2D eigenvalue weighted by Gasteiger charge is -2.51. The summed E-state index contributed by atoms with van der Waals surface area (Å²) in [4.78, 5) is 8.34. The molecule has 0 N–H and O–H groups in total. The van der Waals surface area contributed by atoms with Crippen LogP contribution in [0, 0.1) is 5.92 Å². The molecule has 0 aromatic heterocycles. The minimum Gasteiger partial charge on any atom is -0.334 e. The van der Waals surface area contributed by atoms with Crippen molar-refractivity contribution in [2.75, 3.05) is 14.7 Å². The van der Waals surface area contributed by atoms with E-state index in [9.17, 15) is 0 Å². The highest BCUT2D eigenvalue weighted by Gasteiger charge is 2.58. The Kier molecular flexibility index (Phi) is 12.3. The predicted octanol–water partition coefficient (Wildman–Crippen LogP) is 18.4. The Morgan fingerprint density at radius 3 is 1.73 bits per heavy atom. The molecule has 7 aromatic carbocycles. The monoisotopic (exact) mass is 1060 g/mol. The molecule has 79 heavy (non-hydrogen) atoms. The number of anilines is 8. The van der Waals surface area contributed by atoms with Gasteiger partial charge in [0, 0.05) is 50.8 Å². The van der Waals surface area contributed by atoms with Gasteiger partial charge in [0.05, 0.1) is 19.3 Å². The smallest absolute Gasteiger partial charge is 0.252 e. The second-order valence-electron chi connectivity index (χ2n) is 30.6. The molecule has 0 saturated heterocycles. The van der Waals surface area contributed by atoms with E-state index in [4.69, 9.17) is 0 Å². The zero-order chi connectivity index (χ0) is 56.3. The molecule has 3 nitrogen and oxygen atoms in total. The highest BCUT2D eigenvalue weighted by atomic mass is 28.3. The van der Waals surface area contributed by atoms with Gasteiger partial charge in [-0.2, -0.15) is 0 Å². The predicted molar refractivity (Wildman–Crippen MR) is 348 cm³/mol. The molecule has 5 aliphatic rings. The van der Waals surface area contributed by atoms with E-state index in [1.54, 1.807) is 16.3 Å². The van der Waals surface area contributed by atoms with Gasteiger partial charge in [-0.25, -0.2) is 0 Å². The van der Waals surface area contributed by atoms with Gasteiger partial charge in [-0.3, -0.25) is 0 Å². The van der Waals surface area contributed by atoms with Crippen molar-refractivity contribution in [2.45, 2.75) is 201 Å². The van der Waals surface area contributed by atoms with Crippen molar-refractivity contribution in [1.29, 1.82) is 0 Å². The Morgan fingerprint density at radius 1 is 0.519 bits per heavy atom. The van der Waals surface area contributed by atoms with Gasteiger partial charge >= 0.3 is 0 Å². The summed E-state index contributed by atoms with van der Waals surface area (Å²) < 4.78 is 0. The molecule has 0 radical (unpaired) electrons. The minimum absolute atomic E-state index is 0.0112. The third-order valence-corrected chi connectivity index (χ3v) is 22.6. The normalized spacial score (nSPS) is 21.3. The molecule has 3 heterocycles. The Morgan fingerprint density at radius 2 is 1.10 bits per heavy atom. The number of benzene rings is 7. The van der Waals surface area contributed by atoms with Crippen LogP contribution in [0.5, 0.6) is 0 Å². The summed E-state index contributed by atoms with van der Waals surface area (Å²) in [6.45, 7) is 44.1. The summed E-state index contributed by atoms with van der Waals surface area (Å²) in [6.07, 6.45) is 7.21. The van der Waals surface area contributed by atoms with Gasteiger partial charge in [-0.05, 0) is 176 Å². The molecule has 0 bridgehead atoms. The molecule has 2 aliphatic carbocycles. The summed E-state index contributed by atoms with van der Waals surface area (Å²) in [5.74, 6) is 0.991. The first kappa shape index (κ1) is 53.8. The maximum Gasteiger partial charge on any atom is 0.252 e. The fourth-order valence-electron chi connectivity index (χ4n) is 15.3. The second kappa shape index (κ2) is 18.1. The summed E-state index contributed by atoms with van der Waals surface area (Å²) in [5.41, 5.74) is 25.5. The highest BCUT2D eigenvalue weighted by Crippen LogP contribution is 2.62. The van der Waals surface area contributed by atoms with Gasteiger partial charge < -0.3 is 14.7 Å². The lowest BCUT2D eigenvalue weighted by molar-refractivity contribution is 0.195. The van der Waals surface area contributed by atoms with E-state index < -0.39 is 8.07 Å². The minimum atomic E-state index is -1.63. The van der Waals surface area contributed by atoms with Crippen LogP contribution in [-0.2, 0) is 27.1 Å². The molecular weight excluding hydrogens is 970 g/mol. The van der Waals surface area contributed by atoms with Gasteiger partial charge in [-0.1, -0.05) is 213 Å². The first-order valence-corrected chi connectivity index (χ1v) is 33.9. The first-order valence-electron chi connectivity index (χ1n) is 30.4. The number of rotatable bonds is 6. The fourth-order valence-corrected chi connectivity index (χ4v) is 16.5. The van der Waals surface area contributed by atoms with Crippen molar-refractivity contribution in [1.82, 2.24) is 0 Å². The van der Waals surface area contributed by atoms with E-state index in [0.717, 1.165) is 6.42 Å². The molecule has 7 aromatic rings. The van der Waals surface area contributed by atoms with Crippen LogP contribution >= 0.6 is 0 Å². The SMILES string of the molecule is CC(C)C1CCC(C)(C)c2cc3c(cc21)N(c1ccc(C(C)(C)C)cc1-c1ccccc1)c1cc(N2c4ccc([Si](C)(C)C)cc4C4(C)CCCCC24C)cc2c1B3c1cc(C(C)(C)C)ccc1N2c1ccc(C(C)(C)C)cc1. The molecule has 5 heteroatoms. The van der Waals surface area contributed by atoms with Crippen molar-refractivity contribution < 1.29 is 0 Å². The average molecular weight is 1060 g/mol. The van der Waals surface area contributed by atoms with Crippen LogP contribution in [0.25, 0.3) is 11.1 Å². The number of nitrogens with zero attached hydrogens (tertiary/aromatic N) is 3. The van der Waals surface area contributed by atoms with Crippen molar-refractivity contribution in [3.8, 4) is 11.1 Å². The third kappa shape index (κ3) is 8.46. The zero-order valence-corrected chi connectivity index (χ0v) is 52.5. The molecule has 1 fully saturated rings. The Balaban J connectivity index is 1.26. The summed E-state index contributed by atoms with van der Waals surface area (Å²) >= 11 is 0. The van der Waals surface area contributed by atoms with Crippen LogP contribution in [-0.4, -0.2) is 20.3 Å². The van der Waals surface area contributed by atoms with Crippen molar-refractivity contribution in [3.63, 3.8) is 0 Å². The molecule has 3 unspecified atom stereocenters. The summed E-state index contributed by atoms with van der Waals surface area (Å²) in [6, 6.07) is 54.5. The summed E-state index contributed by atoms with van der Waals surface area (Å²) in [5, 5.41) is 1.56. The lowest BCUT2D eigenvalue weighted by Crippen LogP contribution is -2.62. The van der Waals surface area contributed by atoms with E-state index in [1.165, 1.54) is 127 Å². The van der Waals surface area contributed by atoms with Gasteiger partial charge in [0.1, 0.15) is 0 Å². The Labute approximate surface area is 478 Å². The van der Waals surface area contributed by atoms with Gasteiger partial charge in [0.15, 0.2) is 0 Å². The highest BCUT2D eigenvalue weighted by molar-refractivity contribution is 7.00. The van der Waals surface area contributed by atoms with Crippen molar-refractivity contribution >= 4 is 81.9 Å². The van der Waals surface area contributed by atoms with Gasteiger partial charge in [-0.15, -0.1) is 0 Å². The number of hydrogen-bond donors (Lipinski definition) is 0. The quantitative estimate of drug-likeness (QED) is 0.154. The molecular formula is C74H90BN3Si. The van der Waals surface area contributed by atoms with Gasteiger partial charge in [0.25, 0.3) is 6.71 Å². The zero-order valence-electron chi connectivity index (χ0n) is 51.5. The van der Waals surface area contributed by atoms with Crippen LogP contribution in [0.4, 0.5) is 45.5 Å². The standard InChI is InChI=1S/C74H90BN3Si/c1-47(2)55-36-39-72(12,13)58-46-61-65(45-57(55)58)77(62-33-28-50(70(6,7)8)40-56(62)48-24-20-19-21-25-48)67-43-53(78-63-35-32-54(79(16,17)18)44-59(63)73(14)37-22-23-38-74(73,78)15)42-66-68(67)75(61)60-41-51(71(9,10)11)29-34-64(60)76(66)52-30-26-49(27-31-52)69(3,4)5/h19-21,24-35,40-47,55H,22-23,36-39H2,1-18H3. The molecule has 3 aliphatic heterocycles. The third-order valence-electron chi connectivity index (χ3n) is 20.5. The fraction of sp³-hybridized carbons (Fsp3) is 0.432. The van der Waals surface area contributed by atoms with E-state index in [0.29, 0.717) is 11.8 Å².